The molecule has 3 aliphatic heterocycles. The van der Waals surface area contributed by atoms with E-state index in [0.717, 1.165) is 6.04 Å². The van der Waals surface area contributed by atoms with Gasteiger partial charge in [-0.1, -0.05) is 12.8 Å². The fourth-order valence-corrected chi connectivity index (χ4v) is 4.98. The van der Waals surface area contributed by atoms with Crippen LogP contribution >= 0.6 is 0 Å². The van der Waals surface area contributed by atoms with Crippen LogP contribution in [-0.2, 0) is 0 Å². The maximum absolute atomic E-state index is 2.78. The van der Waals surface area contributed by atoms with Crippen molar-refractivity contribution in [3.8, 4) is 0 Å². The summed E-state index contributed by atoms with van der Waals surface area (Å²) in [6, 6.07) is 0.879. The molecule has 0 amide bonds. The monoisotopic (exact) mass is 308 g/mol. The van der Waals surface area contributed by atoms with Gasteiger partial charge >= 0.3 is 0 Å². The van der Waals surface area contributed by atoms with Gasteiger partial charge in [-0.05, 0) is 51.4 Å². The first-order chi connectivity index (χ1) is 10.8. The highest BCUT2D eigenvalue weighted by molar-refractivity contribution is 4.74. The van der Waals surface area contributed by atoms with E-state index in [1.807, 2.05) is 0 Å². The van der Waals surface area contributed by atoms with Crippen LogP contribution in [0.15, 0.2) is 0 Å². The van der Waals surface area contributed by atoms with Crippen molar-refractivity contribution in [1.82, 2.24) is 10.0 Å². The summed E-state index contributed by atoms with van der Waals surface area (Å²) in [5.74, 6) is 0. The molecule has 22 heavy (non-hydrogen) atoms. The van der Waals surface area contributed by atoms with Gasteiger partial charge in [-0.2, -0.15) is 0 Å². The number of hydrazine groups is 1. The summed E-state index contributed by atoms with van der Waals surface area (Å²) in [6.07, 6.45) is 15.9. The highest BCUT2D eigenvalue weighted by atomic mass is 15.6. The van der Waals surface area contributed by atoms with Crippen molar-refractivity contribution >= 4 is 0 Å². The van der Waals surface area contributed by atoms with Gasteiger partial charge in [0.2, 0.25) is 0 Å². The number of quaternary nitrogens is 1. The van der Waals surface area contributed by atoms with Gasteiger partial charge in [0.05, 0.1) is 26.7 Å². The Morgan fingerprint density at radius 2 is 1.18 bits per heavy atom. The molecule has 3 rings (SSSR count). The van der Waals surface area contributed by atoms with Gasteiger partial charge in [-0.3, -0.25) is 0 Å². The van der Waals surface area contributed by atoms with Crippen LogP contribution in [0, 0.1) is 0 Å². The van der Waals surface area contributed by atoms with Crippen molar-refractivity contribution in [3.63, 3.8) is 0 Å². The van der Waals surface area contributed by atoms with Gasteiger partial charge in [0, 0.05) is 26.1 Å². The molecule has 0 radical (unpaired) electrons. The lowest BCUT2D eigenvalue weighted by atomic mass is 10.1. The third-order valence-corrected chi connectivity index (χ3v) is 6.58. The van der Waals surface area contributed by atoms with E-state index in [-0.39, 0.29) is 0 Å². The number of likely N-dealkylation sites (N-methyl/N-ethyl adjacent to an activating group) is 1. The second-order valence-corrected chi connectivity index (χ2v) is 8.27. The molecule has 3 heteroatoms. The maximum Gasteiger partial charge on any atom is 0.103 e. The zero-order chi connectivity index (χ0) is 15.3. The molecule has 128 valence electrons. The highest BCUT2D eigenvalue weighted by Gasteiger charge is 2.36. The molecule has 3 heterocycles. The number of hydrogen-bond acceptors (Lipinski definition) is 2. The summed E-state index contributed by atoms with van der Waals surface area (Å²) in [5, 5.41) is 5.51. The summed E-state index contributed by atoms with van der Waals surface area (Å²) in [6.45, 7) is 8.14. The first-order valence-electron chi connectivity index (χ1n) is 10.1. The van der Waals surface area contributed by atoms with E-state index < -0.39 is 0 Å². The van der Waals surface area contributed by atoms with E-state index in [1.165, 1.54) is 114 Å². The van der Waals surface area contributed by atoms with Crippen LogP contribution in [0.1, 0.15) is 70.6 Å². The number of hydrogen-bond donors (Lipinski definition) is 0. The maximum atomic E-state index is 2.78. The highest BCUT2D eigenvalue weighted by Crippen LogP contribution is 2.27. The SMILES string of the molecule is C[N+]1(C2CCCCN(N3CCCCCC3)C2)CCCCCC1. The van der Waals surface area contributed by atoms with Crippen LogP contribution in [0.2, 0.25) is 0 Å². The Morgan fingerprint density at radius 1 is 0.636 bits per heavy atom. The standard InChI is InChI=1S/C19H38N3/c1-22(16-10-4-5-11-17-22)19-12-6-9-15-21(18-19)20-13-7-2-3-8-14-20/h19H,2-18H2,1H3/q+1. The Kier molecular flexibility index (Phi) is 6.17. The topological polar surface area (TPSA) is 6.48 Å². The van der Waals surface area contributed by atoms with Crippen LogP contribution in [0.5, 0.6) is 0 Å². The minimum atomic E-state index is 0.879. The van der Waals surface area contributed by atoms with Crippen LogP contribution in [0.4, 0.5) is 0 Å². The van der Waals surface area contributed by atoms with Gasteiger partial charge in [0.15, 0.2) is 0 Å². The lowest BCUT2D eigenvalue weighted by Gasteiger charge is -2.44. The molecule has 0 saturated carbocycles. The van der Waals surface area contributed by atoms with E-state index >= 15 is 0 Å². The van der Waals surface area contributed by atoms with Crippen molar-refractivity contribution in [2.24, 2.45) is 0 Å². The molecule has 0 aromatic carbocycles. The molecule has 3 aliphatic rings. The van der Waals surface area contributed by atoms with Crippen molar-refractivity contribution in [3.05, 3.63) is 0 Å². The van der Waals surface area contributed by atoms with Gasteiger partial charge in [0.25, 0.3) is 0 Å². The molecule has 3 saturated heterocycles. The molecule has 0 bridgehead atoms. The predicted octanol–water partition coefficient (Wildman–Crippen LogP) is 3.65. The summed E-state index contributed by atoms with van der Waals surface area (Å²) >= 11 is 0. The van der Waals surface area contributed by atoms with Crippen molar-refractivity contribution in [2.75, 3.05) is 46.3 Å². The lowest BCUT2D eigenvalue weighted by Crippen LogP contribution is -2.58. The van der Waals surface area contributed by atoms with E-state index in [0.29, 0.717) is 0 Å². The number of likely N-dealkylation sites (tertiary alicyclic amines) is 1. The molecule has 0 aromatic heterocycles. The fourth-order valence-electron chi connectivity index (χ4n) is 4.98. The summed E-state index contributed by atoms with van der Waals surface area (Å²) in [4.78, 5) is 0. The second-order valence-electron chi connectivity index (χ2n) is 8.27. The fraction of sp³-hybridized carbons (Fsp3) is 1.00. The normalized spacial score (nSPS) is 32.9. The van der Waals surface area contributed by atoms with E-state index in [9.17, 15) is 0 Å². The number of rotatable bonds is 2. The molecular weight excluding hydrogens is 270 g/mol. The lowest BCUT2D eigenvalue weighted by molar-refractivity contribution is -0.932. The van der Waals surface area contributed by atoms with Crippen molar-refractivity contribution < 1.29 is 4.48 Å². The Morgan fingerprint density at radius 3 is 1.86 bits per heavy atom. The minimum absolute atomic E-state index is 0.879. The Hall–Kier alpha value is -0.120. The average molecular weight is 309 g/mol. The van der Waals surface area contributed by atoms with Crippen molar-refractivity contribution in [2.45, 2.75) is 76.7 Å². The number of nitrogens with zero attached hydrogens (tertiary/aromatic N) is 3. The molecule has 1 unspecified atom stereocenters. The first-order valence-corrected chi connectivity index (χ1v) is 10.1. The van der Waals surface area contributed by atoms with Gasteiger partial charge in [-0.15, -0.1) is 0 Å². The Bertz CT molecular complexity index is 315. The third-order valence-electron chi connectivity index (χ3n) is 6.58. The quantitative estimate of drug-likeness (QED) is 0.719. The molecule has 0 aliphatic carbocycles. The average Bonchev–Trinajstić information content (AvgIpc) is 3.00. The van der Waals surface area contributed by atoms with Crippen LogP contribution < -0.4 is 0 Å². The van der Waals surface area contributed by atoms with Gasteiger partial charge in [-0.25, -0.2) is 10.0 Å². The Balaban J connectivity index is 1.65. The molecule has 3 nitrogen and oxygen atoms in total. The molecule has 0 N–H and O–H groups in total. The largest absolute Gasteiger partial charge is 0.323 e. The van der Waals surface area contributed by atoms with Crippen LogP contribution in [0.25, 0.3) is 0 Å². The van der Waals surface area contributed by atoms with Gasteiger partial charge in [0.1, 0.15) is 6.04 Å². The molecule has 0 aromatic rings. The predicted molar refractivity (Wildman–Crippen MR) is 93.6 cm³/mol. The van der Waals surface area contributed by atoms with Crippen molar-refractivity contribution in [1.29, 1.82) is 0 Å². The van der Waals surface area contributed by atoms with E-state index in [4.69, 9.17) is 0 Å². The molecule has 0 spiro atoms. The summed E-state index contributed by atoms with van der Waals surface area (Å²) in [7, 11) is 2.57. The zero-order valence-corrected chi connectivity index (χ0v) is 14.9. The second kappa shape index (κ2) is 8.12. The first kappa shape index (κ1) is 16.7. The van der Waals surface area contributed by atoms with Crippen LogP contribution in [-0.4, -0.2) is 66.9 Å². The summed E-state index contributed by atoms with van der Waals surface area (Å²) < 4.78 is 1.37. The zero-order valence-electron chi connectivity index (χ0n) is 14.9. The summed E-state index contributed by atoms with van der Waals surface area (Å²) in [5.41, 5.74) is 0. The Labute approximate surface area is 138 Å². The van der Waals surface area contributed by atoms with Gasteiger partial charge < -0.3 is 4.48 Å². The van der Waals surface area contributed by atoms with E-state index in [2.05, 4.69) is 17.1 Å². The van der Waals surface area contributed by atoms with Crippen LogP contribution in [0.3, 0.4) is 0 Å². The smallest absolute Gasteiger partial charge is 0.103 e. The minimum Gasteiger partial charge on any atom is -0.323 e. The molecule has 1 atom stereocenters. The third kappa shape index (κ3) is 4.24. The van der Waals surface area contributed by atoms with E-state index in [1.54, 1.807) is 0 Å². The molecular formula is C19H38N3+. The molecule has 3 fully saturated rings.